The number of H-pyrrole nitrogens is 1. The number of unbranched alkanes of at least 4 members (excludes halogenated alkanes) is 1. The van der Waals surface area contributed by atoms with Crippen molar-refractivity contribution in [2.75, 3.05) is 14.1 Å². The van der Waals surface area contributed by atoms with E-state index in [0.29, 0.717) is 11.5 Å². The first kappa shape index (κ1) is 30.8. The Morgan fingerprint density at radius 2 is 1.71 bits per heavy atom. The van der Waals surface area contributed by atoms with E-state index in [-0.39, 0.29) is 0 Å². The Bertz CT molecular complexity index is 1170. The van der Waals surface area contributed by atoms with E-state index in [1.165, 1.54) is 67.1 Å². The molecule has 208 valence electrons. The van der Waals surface area contributed by atoms with Crippen LogP contribution in [0.4, 0.5) is 0 Å². The Hall–Kier alpha value is -3.42. The van der Waals surface area contributed by atoms with E-state index in [4.69, 9.17) is 25.7 Å². The predicted octanol–water partition coefficient (Wildman–Crippen LogP) is 4.25. The topological polar surface area (TPSA) is 175 Å². The van der Waals surface area contributed by atoms with E-state index >= 15 is 0 Å². The Kier molecular flexibility index (Phi) is 10.5. The molecule has 1 saturated carbocycles. The minimum Gasteiger partial charge on any atom is -0.481 e. The molecule has 0 spiro atoms. The maximum Gasteiger partial charge on any atom is 0.336 e. The number of aromatic nitrogens is 1. The fourth-order valence-corrected chi connectivity index (χ4v) is 5.41. The van der Waals surface area contributed by atoms with Crippen molar-refractivity contribution < 1.29 is 34.8 Å². The molecule has 1 aliphatic rings. The summed E-state index contributed by atoms with van der Waals surface area (Å²) in [6.07, 6.45) is 6.70. The summed E-state index contributed by atoms with van der Waals surface area (Å²) in [6.45, 7) is 4.50. The van der Waals surface area contributed by atoms with Crippen molar-refractivity contribution >= 4 is 28.8 Å². The van der Waals surface area contributed by atoms with Crippen LogP contribution in [0.1, 0.15) is 87.4 Å². The summed E-state index contributed by atoms with van der Waals surface area (Å²) >= 11 is 0. The Balaban J connectivity index is 0.000000332. The number of aliphatic hydroxyl groups is 1. The van der Waals surface area contributed by atoms with Crippen LogP contribution < -0.4 is 0 Å². The first-order chi connectivity index (χ1) is 17.8. The van der Waals surface area contributed by atoms with Crippen molar-refractivity contribution in [1.82, 2.24) is 9.88 Å². The van der Waals surface area contributed by atoms with E-state index in [1.807, 2.05) is 12.1 Å². The summed E-state index contributed by atoms with van der Waals surface area (Å²) in [5.41, 5.74) is 2.30. The van der Waals surface area contributed by atoms with Gasteiger partial charge < -0.3 is 30.3 Å². The van der Waals surface area contributed by atoms with Crippen molar-refractivity contribution in [3.63, 3.8) is 0 Å². The number of hydrogen-bond acceptors (Lipinski definition) is 6. The van der Waals surface area contributed by atoms with Gasteiger partial charge >= 0.3 is 17.9 Å². The third-order valence-electron chi connectivity index (χ3n) is 7.78. The smallest absolute Gasteiger partial charge is 0.336 e. The number of nitrogens with one attached hydrogen (secondary N) is 1. The number of benzene rings is 1. The molecule has 10 nitrogen and oxygen atoms in total. The van der Waals surface area contributed by atoms with Crippen LogP contribution in [0.5, 0.6) is 0 Å². The number of nitrogens with zero attached hydrogens (tertiary/aromatic N) is 2. The predicted molar refractivity (Wildman–Crippen MR) is 142 cm³/mol. The fraction of sp³-hybridized carbons (Fsp3) is 0.571. The van der Waals surface area contributed by atoms with Gasteiger partial charge in [-0.15, -0.1) is 0 Å². The van der Waals surface area contributed by atoms with Crippen LogP contribution in [0.3, 0.4) is 0 Å². The summed E-state index contributed by atoms with van der Waals surface area (Å²) in [5, 5.41) is 44.2. The second-order valence-corrected chi connectivity index (χ2v) is 10.5. The van der Waals surface area contributed by atoms with Crippen LogP contribution >= 0.6 is 0 Å². The highest BCUT2D eigenvalue weighted by molar-refractivity contribution is 5.88. The molecule has 1 aliphatic carbocycles. The van der Waals surface area contributed by atoms with Crippen LogP contribution in [-0.4, -0.2) is 73.5 Å². The van der Waals surface area contributed by atoms with Crippen LogP contribution in [0.25, 0.3) is 10.9 Å². The van der Waals surface area contributed by atoms with Crippen molar-refractivity contribution in [1.29, 1.82) is 5.26 Å². The molecule has 2 aromatic rings. The fourth-order valence-electron chi connectivity index (χ4n) is 5.41. The van der Waals surface area contributed by atoms with Crippen LogP contribution in [0, 0.1) is 18.3 Å². The van der Waals surface area contributed by atoms with Crippen LogP contribution in [0.15, 0.2) is 18.2 Å². The second kappa shape index (κ2) is 12.9. The van der Waals surface area contributed by atoms with Crippen molar-refractivity contribution in [2.24, 2.45) is 0 Å². The minimum atomic E-state index is -2.74. The molecule has 1 aromatic heterocycles. The summed E-state index contributed by atoms with van der Waals surface area (Å²) in [7, 11) is 4.52. The second-order valence-electron chi connectivity index (χ2n) is 10.5. The van der Waals surface area contributed by atoms with E-state index in [2.05, 4.69) is 50.0 Å². The van der Waals surface area contributed by atoms with Gasteiger partial charge in [0.05, 0.1) is 24.5 Å². The van der Waals surface area contributed by atoms with Gasteiger partial charge in [0.2, 0.25) is 0 Å². The molecule has 0 atom stereocenters. The zero-order chi connectivity index (χ0) is 28.7. The summed E-state index contributed by atoms with van der Waals surface area (Å²) in [6, 6.07) is 8.25. The third-order valence-corrected chi connectivity index (χ3v) is 7.78. The van der Waals surface area contributed by atoms with E-state index in [0.717, 1.165) is 5.56 Å². The molecular formula is C28H39N3O7. The number of fused-ring (bicyclic) bond motifs is 1. The molecule has 1 fully saturated rings. The number of aryl methyl sites for hydroxylation is 1. The molecule has 1 heterocycles. The quantitative estimate of drug-likeness (QED) is 0.301. The van der Waals surface area contributed by atoms with Gasteiger partial charge in [-0.1, -0.05) is 19.8 Å². The van der Waals surface area contributed by atoms with Gasteiger partial charge in [-0.25, -0.2) is 4.79 Å². The van der Waals surface area contributed by atoms with E-state index in [9.17, 15) is 14.4 Å². The van der Waals surface area contributed by atoms with Gasteiger partial charge in [0.25, 0.3) is 0 Å². The molecule has 5 N–H and O–H groups in total. The number of carbonyl (C=O) groups is 3. The Morgan fingerprint density at radius 1 is 1.13 bits per heavy atom. The number of carboxylic acids is 3. The summed E-state index contributed by atoms with van der Waals surface area (Å²) < 4.78 is 0. The van der Waals surface area contributed by atoms with Crippen LogP contribution in [0.2, 0.25) is 0 Å². The Morgan fingerprint density at radius 3 is 2.16 bits per heavy atom. The molecule has 0 unspecified atom stereocenters. The lowest BCUT2D eigenvalue weighted by Gasteiger charge is -2.45. The highest BCUT2D eigenvalue weighted by Gasteiger charge is 2.41. The SMILES string of the molecule is CCCCC1(N(C)C)CCC(c2[nH]c3ccc(C#N)cc3c2C)CC1.O=C(O)CC(O)(CC(=O)O)C(=O)O. The minimum absolute atomic E-state index is 0.389. The normalized spacial score (nSPS) is 19.4. The summed E-state index contributed by atoms with van der Waals surface area (Å²) in [4.78, 5) is 36.6. The summed E-state index contributed by atoms with van der Waals surface area (Å²) in [5.74, 6) is -4.40. The first-order valence-corrected chi connectivity index (χ1v) is 12.9. The van der Waals surface area contributed by atoms with Gasteiger partial charge in [-0.3, -0.25) is 9.59 Å². The lowest BCUT2D eigenvalue weighted by molar-refractivity contribution is -0.170. The third kappa shape index (κ3) is 7.33. The molecule has 3 rings (SSSR count). The number of aromatic amines is 1. The van der Waals surface area contributed by atoms with Crippen LogP contribution in [-0.2, 0) is 14.4 Å². The average molecular weight is 530 g/mol. The number of aliphatic carboxylic acids is 3. The van der Waals surface area contributed by atoms with Gasteiger partial charge in [-0.2, -0.15) is 5.26 Å². The van der Waals surface area contributed by atoms with Crippen molar-refractivity contribution in [3.05, 3.63) is 35.0 Å². The van der Waals surface area contributed by atoms with Gasteiger partial charge in [0.15, 0.2) is 5.60 Å². The molecule has 1 aromatic carbocycles. The lowest BCUT2D eigenvalue weighted by Crippen LogP contribution is -2.46. The number of hydrogen-bond donors (Lipinski definition) is 5. The van der Waals surface area contributed by atoms with Crippen molar-refractivity contribution in [3.8, 4) is 6.07 Å². The van der Waals surface area contributed by atoms with E-state index < -0.39 is 36.4 Å². The molecule has 0 aliphatic heterocycles. The molecule has 0 bridgehead atoms. The van der Waals surface area contributed by atoms with Gasteiger partial charge in [-0.05, 0) is 82.8 Å². The molecule has 10 heteroatoms. The molecule has 0 radical (unpaired) electrons. The number of rotatable bonds is 10. The van der Waals surface area contributed by atoms with E-state index in [1.54, 1.807) is 0 Å². The van der Waals surface area contributed by atoms with Gasteiger partial charge in [0, 0.05) is 22.1 Å². The Labute approximate surface area is 222 Å². The monoisotopic (exact) mass is 529 g/mol. The zero-order valence-electron chi connectivity index (χ0n) is 22.6. The lowest BCUT2D eigenvalue weighted by atomic mass is 9.72. The zero-order valence-corrected chi connectivity index (χ0v) is 22.6. The maximum atomic E-state index is 10.3. The highest BCUT2D eigenvalue weighted by atomic mass is 16.4. The van der Waals surface area contributed by atoms with Crippen molar-refractivity contribution in [2.45, 2.75) is 88.7 Å². The van der Waals surface area contributed by atoms with Gasteiger partial charge in [0.1, 0.15) is 0 Å². The number of nitriles is 1. The average Bonchev–Trinajstić information content (AvgIpc) is 3.17. The molecule has 0 saturated heterocycles. The molecular weight excluding hydrogens is 490 g/mol. The molecule has 38 heavy (non-hydrogen) atoms. The molecule has 0 amide bonds. The first-order valence-electron chi connectivity index (χ1n) is 12.9. The maximum absolute atomic E-state index is 10.3. The highest BCUT2D eigenvalue weighted by Crippen LogP contribution is 2.44. The number of carboxylic acid groups (broad SMARTS) is 3. The largest absolute Gasteiger partial charge is 0.481 e. The standard InChI is InChI=1S/C22H31N3.C6H8O7/c1-5-6-11-22(25(3)4)12-9-18(10-13-22)21-16(2)19-14-17(15-23)7-8-20(19)24-21;7-3(8)1-6(13,5(11)12)2-4(9)10/h7-8,14,18,24H,5-6,9-13H2,1-4H3;13H,1-2H2,(H,7,8)(H,9,10)(H,11,12).